The second-order valence-electron chi connectivity index (χ2n) is 7.85. The Labute approximate surface area is 140 Å². The second-order valence-corrected chi connectivity index (χ2v) is 7.85. The van der Waals surface area contributed by atoms with Crippen molar-refractivity contribution in [2.75, 3.05) is 14.2 Å². The zero-order valence-electron chi connectivity index (χ0n) is 13.8. The predicted molar refractivity (Wildman–Crippen MR) is 92.6 cm³/mol. The normalized spacial score (nSPS) is 35.5. The van der Waals surface area contributed by atoms with Crippen molar-refractivity contribution in [1.29, 1.82) is 0 Å². The minimum atomic E-state index is 0. The molecule has 0 atom stereocenters. The van der Waals surface area contributed by atoms with Gasteiger partial charge in [-0.1, -0.05) is 12.1 Å². The molecule has 0 aromatic heterocycles. The summed E-state index contributed by atoms with van der Waals surface area (Å²) in [7, 11) is 4.09. The molecule has 0 unspecified atom stereocenters. The number of hydrogen-bond donors (Lipinski definition) is 0. The molecule has 0 N–H and O–H groups in total. The molecule has 5 rings (SSSR count). The van der Waals surface area contributed by atoms with Gasteiger partial charge >= 0.3 is 0 Å². The van der Waals surface area contributed by atoms with Crippen molar-refractivity contribution in [3.63, 3.8) is 0 Å². The Balaban J connectivity index is 0.00000144. The minimum Gasteiger partial charge on any atom is -0.497 e. The zero-order valence-corrected chi connectivity index (χ0v) is 14.6. The number of halogens is 1. The van der Waals surface area contributed by atoms with Crippen molar-refractivity contribution in [1.82, 2.24) is 4.90 Å². The maximum absolute atomic E-state index is 5.26. The summed E-state index contributed by atoms with van der Waals surface area (Å²) in [6.45, 7) is 1.08. The van der Waals surface area contributed by atoms with E-state index in [1.807, 2.05) is 0 Å². The summed E-state index contributed by atoms with van der Waals surface area (Å²) in [5.74, 6) is 4.02. The highest BCUT2D eigenvalue weighted by Gasteiger charge is 2.52. The van der Waals surface area contributed by atoms with Gasteiger partial charge in [0.05, 0.1) is 7.11 Å². The van der Waals surface area contributed by atoms with Crippen LogP contribution in [0.2, 0.25) is 0 Å². The largest absolute Gasteiger partial charge is 0.497 e. The lowest BCUT2D eigenvalue weighted by Gasteiger charge is -2.60. The minimum absolute atomic E-state index is 0. The average Bonchev–Trinajstić information content (AvgIpc) is 2.46. The standard InChI is InChI=1S/C19H27NO.ClH/c1-20(13-14-3-5-18(21-2)6-4-14)19-10-15-7-16(11-19)9-17(8-15)12-19;/h3-6,15-17H,7-13H2,1-2H3;1H. The fraction of sp³-hybridized carbons (Fsp3) is 0.684. The molecule has 3 heteroatoms. The van der Waals surface area contributed by atoms with E-state index in [9.17, 15) is 0 Å². The lowest BCUT2D eigenvalue weighted by atomic mass is 9.52. The number of methoxy groups -OCH3 is 1. The van der Waals surface area contributed by atoms with E-state index >= 15 is 0 Å². The molecule has 4 fully saturated rings. The molecule has 0 amide bonds. The quantitative estimate of drug-likeness (QED) is 0.808. The zero-order chi connectivity index (χ0) is 14.4. The second kappa shape index (κ2) is 6.05. The molecule has 1 aromatic carbocycles. The van der Waals surface area contributed by atoms with Gasteiger partial charge in [0, 0.05) is 12.1 Å². The molecular weight excluding hydrogens is 294 g/mol. The fourth-order valence-corrected chi connectivity index (χ4v) is 5.70. The van der Waals surface area contributed by atoms with E-state index in [0.717, 1.165) is 30.0 Å². The van der Waals surface area contributed by atoms with Crippen molar-refractivity contribution in [3.8, 4) is 5.75 Å². The third-order valence-electron chi connectivity index (χ3n) is 6.39. The average molecular weight is 322 g/mol. The monoisotopic (exact) mass is 321 g/mol. The van der Waals surface area contributed by atoms with E-state index in [4.69, 9.17) is 4.74 Å². The van der Waals surface area contributed by atoms with Gasteiger partial charge in [-0.25, -0.2) is 0 Å². The summed E-state index contributed by atoms with van der Waals surface area (Å²) in [6.07, 6.45) is 8.92. The maximum Gasteiger partial charge on any atom is 0.118 e. The van der Waals surface area contributed by atoms with Crippen LogP contribution in [-0.2, 0) is 6.54 Å². The third kappa shape index (κ3) is 2.76. The van der Waals surface area contributed by atoms with Crippen molar-refractivity contribution in [2.45, 2.75) is 50.6 Å². The maximum atomic E-state index is 5.26. The molecule has 0 radical (unpaired) electrons. The van der Waals surface area contributed by atoms with E-state index in [2.05, 4.69) is 36.2 Å². The Hall–Kier alpha value is -0.730. The fourth-order valence-electron chi connectivity index (χ4n) is 5.70. The Kier molecular flexibility index (Phi) is 4.44. The topological polar surface area (TPSA) is 12.5 Å². The van der Waals surface area contributed by atoms with E-state index < -0.39 is 0 Å². The van der Waals surface area contributed by atoms with Crippen LogP contribution in [0.25, 0.3) is 0 Å². The van der Waals surface area contributed by atoms with Crippen molar-refractivity contribution >= 4 is 12.4 Å². The summed E-state index contributed by atoms with van der Waals surface area (Å²) in [4.78, 5) is 2.68. The molecule has 22 heavy (non-hydrogen) atoms. The lowest BCUT2D eigenvalue weighted by Crippen LogP contribution is -2.58. The third-order valence-corrected chi connectivity index (χ3v) is 6.39. The Morgan fingerprint density at radius 1 is 1.00 bits per heavy atom. The molecule has 4 saturated carbocycles. The van der Waals surface area contributed by atoms with Crippen LogP contribution < -0.4 is 4.74 Å². The number of hydrogen-bond acceptors (Lipinski definition) is 2. The Morgan fingerprint density at radius 2 is 1.50 bits per heavy atom. The molecule has 122 valence electrons. The van der Waals surface area contributed by atoms with Crippen molar-refractivity contribution < 1.29 is 4.74 Å². The molecular formula is C19H28ClNO. The van der Waals surface area contributed by atoms with Crippen LogP contribution in [0, 0.1) is 17.8 Å². The Bertz CT molecular complexity index is 477. The summed E-state index contributed by atoms with van der Waals surface area (Å²) >= 11 is 0. The van der Waals surface area contributed by atoms with Crippen molar-refractivity contribution in [2.24, 2.45) is 17.8 Å². The van der Waals surface area contributed by atoms with Crippen LogP contribution in [0.4, 0.5) is 0 Å². The number of rotatable bonds is 4. The van der Waals surface area contributed by atoms with Crippen LogP contribution in [0.3, 0.4) is 0 Å². The van der Waals surface area contributed by atoms with E-state index in [1.165, 1.54) is 44.1 Å². The highest BCUT2D eigenvalue weighted by molar-refractivity contribution is 5.85. The van der Waals surface area contributed by atoms with Gasteiger partial charge in [-0.05, 0) is 81.0 Å². The predicted octanol–water partition coefficient (Wildman–Crippen LogP) is 4.52. The van der Waals surface area contributed by atoms with Gasteiger partial charge in [-0.3, -0.25) is 4.90 Å². The number of nitrogens with zero attached hydrogens (tertiary/aromatic N) is 1. The Morgan fingerprint density at radius 3 is 1.95 bits per heavy atom. The first kappa shape index (κ1) is 16.1. The molecule has 4 aliphatic rings. The smallest absolute Gasteiger partial charge is 0.118 e. The number of ether oxygens (including phenoxy) is 1. The molecule has 1 aromatic rings. The first-order chi connectivity index (χ1) is 10.2. The summed E-state index contributed by atoms with van der Waals surface area (Å²) in [5, 5.41) is 0. The van der Waals surface area contributed by atoms with E-state index in [1.54, 1.807) is 7.11 Å². The molecule has 0 spiro atoms. The van der Waals surface area contributed by atoms with Crippen LogP contribution in [0.5, 0.6) is 5.75 Å². The molecule has 0 saturated heterocycles. The molecule has 0 heterocycles. The number of benzene rings is 1. The molecule has 0 aliphatic heterocycles. The van der Waals surface area contributed by atoms with E-state index in [0.29, 0.717) is 5.54 Å². The van der Waals surface area contributed by atoms with E-state index in [-0.39, 0.29) is 12.4 Å². The summed E-state index contributed by atoms with van der Waals surface area (Å²) in [5.41, 5.74) is 1.92. The van der Waals surface area contributed by atoms with Gasteiger partial charge in [0.25, 0.3) is 0 Å². The van der Waals surface area contributed by atoms with Gasteiger partial charge < -0.3 is 4.74 Å². The van der Waals surface area contributed by atoms with Crippen LogP contribution in [0.15, 0.2) is 24.3 Å². The summed E-state index contributed by atoms with van der Waals surface area (Å²) < 4.78 is 5.26. The summed E-state index contributed by atoms with van der Waals surface area (Å²) in [6, 6.07) is 8.61. The molecule has 4 aliphatic carbocycles. The van der Waals surface area contributed by atoms with Crippen molar-refractivity contribution in [3.05, 3.63) is 29.8 Å². The van der Waals surface area contributed by atoms with Gasteiger partial charge in [0.1, 0.15) is 5.75 Å². The van der Waals surface area contributed by atoms with Crippen LogP contribution in [0.1, 0.15) is 44.1 Å². The van der Waals surface area contributed by atoms with Gasteiger partial charge in [-0.2, -0.15) is 0 Å². The SMILES string of the molecule is COc1ccc(CN(C)C23CC4CC(CC(C4)C2)C3)cc1.Cl. The van der Waals surface area contributed by atoms with Gasteiger partial charge in [0.2, 0.25) is 0 Å². The molecule has 2 nitrogen and oxygen atoms in total. The van der Waals surface area contributed by atoms with Gasteiger partial charge in [-0.15, -0.1) is 12.4 Å². The lowest BCUT2D eigenvalue weighted by molar-refractivity contribution is -0.0822. The van der Waals surface area contributed by atoms with Crippen LogP contribution in [-0.4, -0.2) is 24.6 Å². The first-order valence-electron chi connectivity index (χ1n) is 8.51. The van der Waals surface area contributed by atoms with Crippen LogP contribution >= 0.6 is 12.4 Å². The van der Waals surface area contributed by atoms with Gasteiger partial charge in [0.15, 0.2) is 0 Å². The highest BCUT2D eigenvalue weighted by Crippen LogP contribution is 2.57. The molecule has 4 bridgehead atoms. The highest BCUT2D eigenvalue weighted by atomic mass is 35.5. The first-order valence-corrected chi connectivity index (χ1v) is 8.51.